The molecule has 0 fully saturated rings. The molecule has 96 valence electrons. The Kier molecular flexibility index (Phi) is 2.66. The number of aliphatic carboxylic acids is 1. The lowest BCUT2D eigenvalue weighted by molar-refractivity contribution is -0.303. The van der Waals surface area contributed by atoms with E-state index < -0.39 is 18.4 Å². The number of hydrogen-bond acceptors (Lipinski definition) is 3. The summed E-state index contributed by atoms with van der Waals surface area (Å²) in [4.78, 5) is 24.1. The summed E-state index contributed by atoms with van der Waals surface area (Å²) >= 11 is 12.2. The van der Waals surface area contributed by atoms with Crippen LogP contribution in [0.3, 0.4) is 0 Å². The number of carboxylic acid groups (broad SMARTS) is 1. The van der Waals surface area contributed by atoms with E-state index in [1.807, 2.05) is 0 Å². The second-order valence-electron chi connectivity index (χ2n) is 4.18. The summed E-state index contributed by atoms with van der Waals surface area (Å²) in [6.45, 7) is -0.538. The molecule has 0 bridgehead atoms. The van der Waals surface area contributed by atoms with E-state index in [9.17, 15) is 14.7 Å². The number of amides is 1. The number of halogens is 2. The number of carbonyl (C=O) groups is 2. The van der Waals surface area contributed by atoms with Crippen LogP contribution >= 0.6 is 23.2 Å². The molecule has 19 heavy (non-hydrogen) atoms. The number of anilines is 1. The van der Waals surface area contributed by atoms with Crippen molar-refractivity contribution in [3.8, 4) is 0 Å². The van der Waals surface area contributed by atoms with E-state index in [1.54, 1.807) is 18.2 Å². The Morgan fingerprint density at radius 2 is 2.00 bits per heavy atom. The molecule has 0 aliphatic carbocycles. The quantitative estimate of drug-likeness (QED) is 0.849. The van der Waals surface area contributed by atoms with Crippen molar-refractivity contribution < 1.29 is 14.7 Å². The SMILES string of the molecule is O=C([O-])CN1C(=O)c2cccc3c(Cl)cc(Cl)c1c23. The molecule has 3 rings (SSSR count). The fourth-order valence-corrected chi connectivity index (χ4v) is 2.98. The van der Waals surface area contributed by atoms with Crippen LogP contribution in [-0.4, -0.2) is 18.4 Å². The van der Waals surface area contributed by atoms with Gasteiger partial charge in [-0.3, -0.25) is 4.79 Å². The second-order valence-corrected chi connectivity index (χ2v) is 4.99. The fourth-order valence-electron chi connectivity index (χ4n) is 2.35. The molecule has 1 aliphatic heterocycles. The van der Waals surface area contributed by atoms with Crippen LogP contribution in [0.1, 0.15) is 10.4 Å². The predicted molar refractivity (Wildman–Crippen MR) is 70.7 cm³/mol. The van der Waals surface area contributed by atoms with Crippen molar-refractivity contribution in [3.05, 3.63) is 39.9 Å². The summed E-state index contributed by atoms with van der Waals surface area (Å²) in [6.07, 6.45) is 0. The summed E-state index contributed by atoms with van der Waals surface area (Å²) in [6, 6.07) is 6.58. The molecule has 1 aliphatic rings. The minimum Gasteiger partial charge on any atom is -0.548 e. The fraction of sp³-hybridized carbons (Fsp3) is 0.0769. The van der Waals surface area contributed by atoms with Gasteiger partial charge >= 0.3 is 0 Å². The van der Waals surface area contributed by atoms with Crippen LogP contribution in [-0.2, 0) is 4.79 Å². The van der Waals surface area contributed by atoms with Crippen LogP contribution in [0.25, 0.3) is 10.8 Å². The Balaban J connectivity index is 2.37. The maximum absolute atomic E-state index is 12.2. The normalized spacial score (nSPS) is 13.4. The highest BCUT2D eigenvalue weighted by molar-refractivity contribution is 6.44. The van der Waals surface area contributed by atoms with E-state index >= 15 is 0 Å². The third-order valence-corrected chi connectivity index (χ3v) is 3.67. The molecule has 1 heterocycles. The molecule has 0 N–H and O–H groups in total. The first-order valence-corrected chi connectivity index (χ1v) is 6.18. The van der Waals surface area contributed by atoms with E-state index in [4.69, 9.17) is 23.2 Å². The summed E-state index contributed by atoms with van der Waals surface area (Å²) in [5, 5.41) is 12.7. The van der Waals surface area contributed by atoms with Gasteiger partial charge in [-0.15, -0.1) is 0 Å². The van der Waals surface area contributed by atoms with Gasteiger partial charge in [0.05, 0.1) is 28.2 Å². The first-order chi connectivity index (χ1) is 9.00. The second kappa shape index (κ2) is 4.11. The summed E-state index contributed by atoms with van der Waals surface area (Å²) < 4.78 is 0. The van der Waals surface area contributed by atoms with Crippen molar-refractivity contribution in [2.45, 2.75) is 0 Å². The van der Waals surface area contributed by atoms with Crippen LogP contribution < -0.4 is 10.0 Å². The highest BCUT2D eigenvalue weighted by atomic mass is 35.5. The average Bonchev–Trinajstić information content (AvgIpc) is 2.61. The van der Waals surface area contributed by atoms with E-state index in [0.717, 1.165) is 4.90 Å². The van der Waals surface area contributed by atoms with Crippen molar-refractivity contribution in [1.82, 2.24) is 0 Å². The van der Waals surface area contributed by atoms with Gasteiger partial charge in [-0.25, -0.2) is 0 Å². The van der Waals surface area contributed by atoms with Crippen molar-refractivity contribution >= 4 is 51.5 Å². The van der Waals surface area contributed by atoms with Crippen LogP contribution in [0.15, 0.2) is 24.3 Å². The van der Waals surface area contributed by atoms with E-state index in [0.29, 0.717) is 27.0 Å². The minimum atomic E-state index is -1.35. The molecule has 0 radical (unpaired) electrons. The van der Waals surface area contributed by atoms with Gasteiger partial charge in [0.15, 0.2) is 0 Å². The van der Waals surface area contributed by atoms with Crippen molar-refractivity contribution in [2.75, 3.05) is 11.4 Å². The molecule has 2 aromatic carbocycles. The Morgan fingerprint density at radius 3 is 2.68 bits per heavy atom. The van der Waals surface area contributed by atoms with Crippen molar-refractivity contribution in [3.63, 3.8) is 0 Å². The predicted octanol–water partition coefficient (Wildman–Crippen LogP) is 1.86. The van der Waals surface area contributed by atoms with Crippen LogP contribution in [0.2, 0.25) is 10.0 Å². The number of rotatable bonds is 2. The van der Waals surface area contributed by atoms with Gasteiger partial charge < -0.3 is 14.8 Å². The molecular formula is C13H6Cl2NO3-. The zero-order valence-electron chi connectivity index (χ0n) is 9.44. The minimum absolute atomic E-state index is 0.247. The number of carboxylic acids is 1. The lowest BCUT2D eigenvalue weighted by Crippen LogP contribution is -2.39. The van der Waals surface area contributed by atoms with Crippen LogP contribution in [0.4, 0.5) is 5.69 Å². The molecule has 4 nitrogen and oxygen atoms in total. The Bertz CT molecular complexity index is 742. The van der Waals surface area contributed by atoms with Gasteiger partial charge in [0.2, 0.25) is 0 Å². The van der Waals surface area contributed by atoms with Gasteiger partial charge in [-0.05, 0) is 12.1 Å². The summed E-state index contributed by atoms with van der Waals surface area (Å²) in [5.41, 5.74) is 0.781. The lowest BCUT2D eigenvalue weighted by atomic mass is 10.1. The van der Waals surface area contributed by atoms with E-state index in [-0.39, 0.29) is 5.02 Å². The first kappa shape index (κ1) is 12.3. The zero-order chi connectivity index (χ0) is 13.7. The lowest BCUT2D eigenvalue weighted by Gasteiger charge is -2.19. The number of benzene rings is 2. The highest BCUT2D eigenvalue weighted by Gasteiger charge is 2.32. The first-order valence-electron chi connectivity index (χ1n) is 5.43. The van der Waals surface area contributed by atoms with Gasteiger partial charge in [0, 0.05) is 16.3 Å². The molecule has 0 unspecified atom stereocenters. The van der Waals surface area contributed by atoms with Gasteiger partial charge in [0.25, 0.3) is 5.91 Å². The van der Waals surface area contributed by atoms with Crippen molar-refractivity contribution in [2.24, 2.45) is 0 Å². The smallest absolute Gasteiger partial charge is 0.259 e. The number of carbonyl (C=O) groups excluding carboxylic acids is 2. The monoisotopic (exact) mass is 294 g/mol. The molecule has 1 amide bonds. The third-order valence-electron chi connectivity index (χ3n) is 3.07. The standard InChI is InChI=1S/C13H7Cl2NO3/c14-8-4-9(15)12-11-6(8)2-1-3-7(11)13(19)16(12)5-10(17)18/h1-4H,5H2,(H,17,18)/p-1. The van der Waals surface area contributed by atoms with Crippen molar-refractivity contribution in [1.29, 1.82) is 0 Å². The molecule has 0 saturated carbocycles. The topological polar surface area (TPSA) is 60.4 Å². The van der Waals surface area contributed by atoms with Gasteiger partial charge in [0.1, 0.15) is 0 Å². The molecule has 0 aromatic heterocycles. The van der Waals surface area contributed by atoms with Crippen LogP contribution in [0, 0.1) is 0 Å². The number of nitrogens with zero attached hydrogens (tertiary/aromatic N) is 1. The molecule has 0 saturated heterocycles. The highest BCUT2D eigenvalue weighted by Crippen LogP contribution is 2.44. The summed E-state index contributed by atoms with van der Waals surface area (Å²) in [7, 11) is 0. The molecule has 2 aromatic rings. The van der Waals surface area contributed by atoms with Crippen LogP contribution in [0.5, 0.6) is 0 Å². The number of hydrogen-bond donors (Lipinski definition) is 0. The van der Waals surface area contributed by atoms with E-state index in [1.165, 1.54) is 6.07 Å². The Hall–Kier alpha value is -1.78. The van der Waals surface area contributed by atoms with Gasteiger partial charge in [-0.1, -0.05) is 35.3 Å². The molecular weight excluding hydrogens is 289 g/mol. The zero-order valence-corrected chi connectivity index (χ0v) is 11.0. The maximum atomic E-state index is 12.2. The average molecular weight is 295 g/mol. The summed E-state index contributed by atoms with van der Waals surface area (Å²) in [5.74, 6) is -1.76. The largest absolute Gasteiger partial charge is 0.548 e. The Morgan fingerprint density at radius 1 is 1.26 bits per heavy atom. The Labute approximate surface area is 118 Å². The van der Waals surface area contributed by atoms with E-state index in [2.05, 4.69) is 0 Å². The maximum Gasteiger partial charge on any atom is 0.259 e. The third kappa shape index (κ3) is 1.68. The molecule has 6 heteroatoms. The molecule has 0 atom stereocenters. The van der Waals surface area contributed by atoms with Gasteiger partial charge in [-0.2, -0.15) is 0 Å². The molecule has 0 spiro atoms.